The molecular weight excluding hydrogens is 270 g/mol. The molecule has 5 heteroatoms. The zero-order chi connectivity index (χ0) is 14.5. The van der Waals surface area contributed by atoms with E-state index in [-0.39, 0.29) is 0 Å². The number of nitrogens with zero attached hydrogens (tertiary/aromatic N) is 2. The zero-order valence-electron chi connectivity index (χ0n) is 13.1. The van der Waals surface area contributed by atoms with Gasteiger partial charge >= 0.3 is 0 Å². The minimum Gasteiger partial charge on any atom is -0.378 e. The van der Waals surface area contributed by atoms with E-state index in [1.165, 1.54) is 15.7 Å². The zero-order valence-corrected chi connectivity index (χ0v) is 13.9. The van der Waals surface area contributed by atoms with Crippen LogP contribution in [0.5, 0.6) is 0 Å². The van der Waals surface area contributed by atoms with E-state index >= 15 is 0 Å². The SMILES string of the molecule is CC(C)Cc1nc(N2CCOCC2)sc1CNC(C)C. The molecule has 0 aliphatic carbocycles. The van der Waals surface area contributed by atoms with Crippen molar-refractivity contribution >= 4 is 16.5 Å². The Morgan fingerprint density at radius 3 is 2.55 bits per heavy atom. The Morgan fingerprint density at radius 2 is 1.95 bits per heavy atom. The van der Waals surface area contributed by atoms with Crippen LogP contribution in [-0.4, -0.2) is 37.3 Å². The molecule has 20 heavy (non-hydrogen) atoms. The molecule has 0 amide bonds. The second-order valence-corrected chi connectivity index (χ2v) is 7.16. The number of ether oxygens (including phenoxy) is 1. The van der Waals surface area contributed by atoms with Crippen LogP contribution in [0.4, 0.5) is 5.13 Å². The lowest BCUT2D eigenvalue weighted by Gasteiger charge is -2.26. The van der Waals surface area contributed by atoms with Crippen LogP contribution in [-0.2, 0) is 17.7 Å². The summed E-state index contributed by atoms with van der Waals surface area (Å²) in [5.41, 5.74) is 1.28. The molecule has 2 heterocycles. The third kappa shape index (κ3) is 4.43. The summed E-state index contributed by atoms with van der Waals surface area (Å²) < 4.78 is 5.42. The van der Waals surface area contributed by atoms with Gasteiger partial charge in [0.2, 0.25) is 0 Å². The number of aromatic nitrogens is 1. The first kappa shape index (κ1) is 15.7. The van der Waals surface area contributed by atoms with E-state index in [1.807, 2.05) is 11.3 Å². The van der Waals surface area contributed by atoms with E-state index in [9.17, 15) is 0 Å². The van der Waals surface area contributed by atoms with Crippen molar-refractivity contribution in [3.8, 4) is 0 Å². The molecule has 1 fully saturated rings. The third-order valence-electron chi connectivity index (χ3n) is 3.32. The Bertz CT molecular complexity index is 411. The molecule has 1 aromatic rings. The maximum atomic E-state index is 5.42. The fraction of sp³-hybridized carbons (Fsp3) is 0.800. The van der Waals surface area contributed by atoms with Gasteiger partial charge in [0.25, 0.3) is 0 Å². The van der Waals surface area contributed by atoms with Crippen molar-refractivity contribution in [2.75, 3.05) is 31.2 Å². The maximum Gasteiger partial charge on any atom is 0.185 e. The largest absolute Gasteiger partial charge is 0.378 e. The van der Waals surface area contributed by atoms with Gasteiger partial charge in [0.15, 0.2) is 5.13 Å². The number of rotatable bonds is 6. The van der Waals surface area contributed by atoms with Gasteiger partial charge in [0.05, 0.1) is 18.9 Å². The van der Waals surface area contributed by atoms with Crippen LogP contribution >= 0.6 is 11.3 Å². The minimum atomic E-state index is 0.510. The number of nitrogens with one attached hydrogen (secondary N) is 1. The molecule has 0 spiro atoms. The monoisotopic (exact) mass is 297 g/mol. The van der Waals surface area contributed by atoms with Crippen LogP contribution in [0.2, 0.25) is 0 Å². The lowest BCUT2D eigenvalue weighted by molar-refractivity contribution is 0.122. The van der Waals surface area contributed by atoms with Gasteiger partial charge in [-0.1, -0.05) is 27.7 Å². The summed E-state index contributed by atoms with van der Waals surface area (Å²) in [6, 6.07) is 0.510. The van der Waals surface area contributed by atoms with Crippen molar-refractivity contribution in [3.05, 3.63) is 10.6 Å². The standard InChI is InChI=1S/C15H27N3OS/c1-11(2)9-13-14(10-16-12(3)4)20-15(17-13)18-5-7-19-8-6-18/h11-12,16H,5-10H2,1-4H3. The summed E-state index contributed by atoms with van der Waals surface area (Å²) in [5, 5.41) is 4.69. The number of hydrogen-bond donors (Lipinski definition) is 1. The Hall–Kier alpha value is -0.650. The van der Waals surface area contributed by atoms with Crippen molar-refractivity contribution in [2.24, 2.45) is 5.92 Å². The molecule has 1 N–H and O–H groups in total. The van der Waals surface area contributed by atoms with E-state index in [0.29, 0.717) is 12.0 Å². The highest BCUT2D eigenvalue weighted by Gasteiger charge is 2.19. The van der Waals surface area contributed by atoms with Crippen LogP contribution in [0.1, 0.15) is 38.3 Å². The molecule has 0 aromatic carbocycles. The Morgan fingerprint density at radius 1 is 1.25 bits per heavy atom. The Kier molecular flexibility index (Phi) is 5.81. The van der Waals surface area contributed by atoms with E-state index in [2.05, 4.69) is 37.9 Å². The van der Waals surface area contributed by atoms with Gasteiger partial charge in [-0.05, 0) is 12.3 Å². The molecular formula is C15H27N3OS. The van der Waals surface area contributed by atoms with Crippen LogP contribution < -0.4 is 10.2 Å². The molecule has 0 bridgehead atoms. The number of morpholine rings is 1. The summed E-state index contributed by atoms with van der Waals surface area (Å²) in [5.74, 6) is 0.646. The predicted octanol–water partition coefficient (Wildman–Crippen LogP) is 2.68. The quantitative estimate of drug-likeness (QED) is 0.876. The van der Waals surface area contributed by atoms with Crippen LogP contribution in [0.25, 0.3) is 0 Å². The van der Waals surface area contributed by atoms with Gasteiger partial charge in [0.1, 0.15) is 0 Å². The van der Waals surface area contributed by atoms with Crippen molar-refractivity contribution in [1.29, 1.82) is 0 Å². The average molecular weight is 297 g/mol. The van der Waals surface area contributed by atoms with Gasteiger partial charge in [-0.2, -0.15) is 0 Å². The molecule has 1 aliphatic heterocycles. The van der Waals surface area contributed by atoms with Gasteiger partial charge in [-0.3, -0.25) is 0 Å². The molecule has 0 unspecified atom stereocenters. The molecule has 4 nitrogen and oxygen atoms in total. The van der Waals surface area contributed by atoms with Crippen molar-refractivity contribution in [1.82, 2.24) is 10.3 Å². The minimum absolute atomic E-state index is 0.510. The highest BCUT2D eigenvalue weighted by atomic mass is 32.1. The summed E-state index contributed by atoms with van der Waals surface area (Å²) in [7, 11) is 0. The first-order valence-electron chi connectivity index (χ1n) is 7.61. The van der Waals surface area contributed by atoms with Gasteiger partial charge in [-0.15, -0.1) is 11.3 Å². The summed E-state index contributed by atoms with van der Waals surface area (Å²) in [6.07, 6.45) is 1.07. The van der Waals surface area contributed by atoms with Crippen LogP contribution in [0, 0.1) is 5.92 Å². The highest BCUT2D eigenvalue weighted by Crippen LogP contribution is 2.28. The fourth-order valence-electron chi connectivity index (χ4n) is 2.24. The molecule has 0 radical (unpaired) electrons. The molecule has 0 saturated carbocycles. The molecule has 0 atom stereocenters. The third-order valence-corrected chi connectivity index (χ3v) is 4.48. The number of hydrogen-bond acceptors (Lipinski definition) is 5. The first-order chi connectivity index (χ1) is 9.56. The second-order valence-electron chi connectivity index (χ2n) is 6.10. The second kappa shape index (κ2) is 7.38. The van der Waals surface area contributed by atoms with Crippen molar-refractivity contribution in [2.45, 2.75) is 46.7 Å². The van der Waals surface area contributed by atoms with E-state index in [1.54, 1.807) is 0 Å². The van der Waals surface area contributed by atoms with Crippen molar-refractivity contribution in [3.63, 3.8) is 0 Å². The van der Waals surface area contributed by atoms with E-state index < -0.39 is 0 Å². The topological polar surface area (TPSA) is 37.4 Å². The molecule has 2 rings (SSSR count). The number of thiazole rings is 1. The van der Waals surface area contributed by atoms with E-state index in [0.717, 1.165) is 39.3 Å². The van der Waals surface area contributed by atoms with Crippen LogP contribution in [0.15, 0.2) is 0 Å². The predicted molar refractivity (Wildman–Crippen MR) is 85.7 cm³/mol. The molecule has 1 aromatic heterocycles. The normalized spacial score (nSPS) is 16.4. The number of anilines is 1. The van der Waals surface area contributed by atoms with E-state index in [4.69, 9.17) is 9.72 Å². The smallest absolute Gasteiger partial charge is 0.185 e. The maximum absolute atomic E-state index is 5.42. The summed E-state index contributed by atoms with van der Waals surface area (Å²) in [4.78, 5) is 8.66. The molecule has 1 aliphatic rings. The Balaban J connectivity index is 2.12. The highest BCUT2D eigenvalue weighted by molar-refractivity contribution is 7.15. The molecule has 1 saturated heterocycles. The Labute approximate surface area is 126 Å². The fourth-order valence-corrected chi connectivity index (χ4v) is 3.33. The lowest BCUT2D eigenvalue weighted by atomic mass is 10.1. The molecule has 114 valence electrons. The summed E-state index contributed by atoms with van der Waals surface area (Å²) in [6.45, 7) is 13.4. The van der Waals surface area contributed by atoms with Crippen molar-refractivity contribution < 1.29 is 4.74 Å². The van der Waals surface area contributed by atoms with Crippen LogP contribution in [0.3, 0.4) is 0 Å². The van der Waals surface area contributed by atoms with Gasteiger partial charge in [0, 0.05) is 30.6 Å². The first-order valence-corrected chi connectivity index (χ1v) is 8.42. The van der Waals surface area contributed by atoms with Gasteiger partial charge in [-0.25, -0.2) is 4.98 Å². The summed E-state index contributed by atoms with van der Waals surface area (Å²) >= 11 is 1.85. The van der Waals surface area contributed by atoms with Gasteiger partial charge < -0.3 is 15.0 Å². The average Bonchev–Trinajstić information content (AvgIpc) is 2.80. The lowest BCUT2D eigenvalue weighted by Crippen LogP contribution is -2.36.